The largest absolute Gasteiger partial charge is 0.480 e. The lowest BCUT2D eigenvalue weighted by Crippen LogP contribution is -2.29. The third-order valence-electron chi connectivity index (χ3n) is 2.68. The summed E-state index contributed by atoms with van der Waals surface area (Å²) < 4.78 is 24.0. The molecule has 0 aromatic heterocycles. The summed E-state index contributed by atoms with van der Waals surface area (Å²) in [6.07, 6.45) is 0.879. The van der Waals surface area contributed by atoms with Gasteiger partial charge in [0.2, 0.25) is 0 Å². The van der Waals surface area contributed by atoms with Crippen molar-refractivity contribution in [1.82, 2.24) is 0 Å². The molecule has 0 aliphatic rings. The predicted octanol–water partition coefficient (Wildman–Crippen LogP) is 1.89. The van der Waals surface area contributed by atoms with Gasteiger partial charge in [-0.3, -0.25) is 4.79 Å². The molecule has 0 bridgehead atoms. The van der Waals surface area contributed by atoms with Crippen molar-refractivity contribution in [2.75, 3.05) is 0 Å². The fraction of sp³-hybridized carbons (Fsp3) is 0.417. The first kappa shape index (κ1) is 13.7. The maximum Gasteiger partial charge on any atom is 0.322 e. The van der Waals surface area contributed by atoms with Crippen molar-refractivity contribution in [3.05, 3.63) is 29.8 Å². The standard InChI is InChI=1S/C12H16O4S/c1-3-9-5-7-10(8-6-9)17(15,16)11(4-2)12(13)14/h5-8,11H,3-4H2,1-2H3,(H,13,14). The Morgan fingerprint density at radius 3 is 2.12 bits per heavy atom. The first-order valence-electron chi connectivity index (χ1n) is 5.49. The van der Waals surface area contributed by atoms with Gasteiger partial charge in [0.25, 0.3) is 0 Å². The van der Waals surface area contributed by atoms with E-state index in [0.29, 0.717) is 0 Å². The molecular weight excluding hydrogens is 240 g/mol. The zero-order chi connectivity index (χ0) is 13.1. The van der Waals surface area contributed by atoms with E-state index in [4.69, 9.17) is 5.11 Å². The van der Waals surface area contributed by atoms with Crippen LogP contribution in [0.25, 0.3) is 0 Å². The van der Waals surface area contributed by atoms with Crippen molar-refractivity contribution in [3.8, 4) is 0 Å². The molecule has 0 radical (unpaired) electrons. The van der Waals surface area contributed by atoms with Gasteiger partial charge in [-0.15, -0.1) is 0 Å². The summed E-state index contributed by atoms with van der Waals surface area (Å²) in [5.74, 6) is -1.30. The van der Waals surface area contributed by atoms with Crippen LogP contribution >= 0.6 is 0 Å². The molecule has 1 N–H and O–H groups in total. The highest BCUT2D eigenvalue weighted by atomic mass is 32.2. The summed E-state index contributed by atoms with van der Waals surface area (Å²) in [6, 6.07) is 6.36. The number of aryl methyl sites for hydroxylation is 1. The number of carboxylic acid groups (broad SMARTS) is 1. The van der Waals surface area contributed by atoms with Crippen LogP contribution in [-0.4, -0.2) is 24.7 Å². The van der Waals surface area contributed by atoms with E-state index in [1.54, 1.807) is 19.1 Å². The Kier molecular flexibility index (Phi) is 4.28. The van der Waals surface area contributed by atoms with Gasteiger partial charge in [-0.05, 0) is 30.5 Å². The molecule has 17 heavy (non-hydrogen) atoms. The Hall–Kier alpha value is -1.36. The van der Waals surface area contributed by atoms with Gasteiger partial charge in [0, 0.05) is 0 Å². The fourth-order valence-electron chi connectivity index (χ4n) is 1.61. The van der Waals surface area contributed by atoms with Gasteiger partial charge in [-0.2, -0.15) is 0 Å². The third kappa shape index (κ3) is 2.85. The van der Waals surface area contributed by atoms with Crippen molar-refractivity contribution in [3.63, 3.8) is 0 Å². The van der Waals surface area contributed by atoms with E-state index in [1.165, 1.54) is 12.1 Å². The predicted molar refractivity (Wildman–Crippen MR) is 64.7 cm³/mol. The molecule has 0 aliphatic carbocycles. The summed E-state index contributed by atoms with van der Waals surface area (Å²) in [6.45, 7) is 3.52. The van der Waals surface area contributed by atoms with Gasteiger partial charge in [0.05, 0.1) is 4.90 Å². The maximum atomic E-state index is 12.0. The number of hydrogen-bond acceptors (Lipinski definition) is 3. The SMILES string of the molecule is CCc1ccc(S(=O)(=O)C(CC)C(=O)O)cc1. The van der Waals surface area contributed by atoms with Gasteiger partial charge in [-0.25, -0.2) is 8.42 Å². The van der Waals surface area contributed by atoms with E-state index < -0.39 is 21.1 Å². The highest BCUT2D eigenvalue weighted by Crippen LogP contribution is 2.19. The molecule has 1 unspecified atom stereocenters. The van der Waals surface area contributed by atoms with Crippen LogP contribution in [0, 0.1) is 0 Å². The summed E-state index contributed by atoms with van der Waals surface area (Å²) in [7, 11) is -3.77. The van der Waals surface area contributed by atoms with E-state index in [1.807, 2.05) is 6.92 Å². The van der Waals surface area contributed by atoms with Gasteiger partial charge < -0.3 is 5.11 Å². The van der Waals surface area contributed by atoms with Crippen LogP contribution in [0.15, 0.2) is 29.2 Å². The maximum absolute atomic E-state index is 12.0. The van der Waals surface area contributed by atoms with Crippen LogP contribution in [0.3, 0.4) is 0 Å². The number of carbonyl (C=O) groups is 1. The highest BCUT2D eigenvalue weighted by Gasteiger charge is 2.32. The minimum Gasteiger partial charge on any atom is -0.480 e. The average Bonchev–Trinajstić information content (AvgIpc) is 2.29. The second-order valence-corrected chi connectivity index (χ2v) is 5.91. The number of benzene rings is 1. The van der Waals surface area contributed by atoms with E-state index in [0.717, 1.165) is 12.0 Å². The van der Waals surface area contributed by atoms with Crippen LogP contribution in [0.5, 0.6) is 0 Å². The molecular formula is C12H16O4S. The number of hydrogen-bond donors (Lipinski definition) is 1. The summed E-state index contributed by atoms with van der Waals surface area (Å²) in [5.41, 5.74) is 1.02. The van der Waals surface area contributed by atoms with E-state index >= 15 is 0 Å². The molecule has 0 aliphatic heterocycles. The molecule has 94 valence electrons. The van der Waals surface area contributed by atoms with Crippen LogP contribution in [0.2, 0.25) is 0 Å². The van der Waals surface area contributed by atoms with Crippen LogP contribution in [0.4, 0.5) is 0 Å². The lowest BCUT2D eigenvalue weighted by Gasteiger charge is -2.11. The van der Waals surface area contributed by atoms with Crippen molar-refractivity contribution in [2.45, 2.75) is 36.8 Å². The second-order valence-electron chi connectivity index (χ2n) is 3.78. The molecule has 0 amide bonds. The van der Waals surface area contributed by atoms with E-state index in [9.17, 15) is 13.2 Å². The summed E-state index contributed by atoms with van der Waals surface area (Å²) >= 11 is 0. The van der Waals surface area contributed by atoms with Gasteiger partial charge in [0.1, 0.15) is 0 Å². The highest BCUT2D eigenvalue weighted by molar-refractivity contribution is 7.92. The minimum atomic E-state index is -3.77. The number of sulfone groups is 1. The first-order valence-corrected chi connectivity index (χ1v) is 7.03. The molecule has 1 atom stereocenters. The molecule has 4 nitrogen and oxygen atoms in total. The Labute approximate surface area is 101 Å². The zero-order valence-electron chi connectivity index (χ0n) is 9.88. The summed E-state index contributed by atoms with van der Waals surface area (Å²) in [4.78, 5) is 11.0. The number of aliphatic carboxylic acids is 1. The second kappa shape index (κ2) is 5.31. The monoisotopic (exact) mass is 256 g/mol. The third-order valence-corrected chi connectivity index (χ3v) is 4.89. The van der Waals surface area contributed by atoms with Crippen molar-refractivity contribution in [2.24, 2.45) is 0 Å². The Bertz CT molecular complexity index is 488. The normalized spacial score (nSPS) is 13.3. The Morgan fingerprint density at radius 1 is 1.24 bits per heavy atom. The van der Waals surface area contributed by atoms with Crippen molar-refractivity contribution < 1.29 is 18.3 Å². The Morgan fingerprint density at radius 2 is 1.76 bits per heavy atom. The molecule has 0 saturated carbocycles. The van der Waals surface area contributed by atoms with Crippen molar-refractivity contribution >= 4 is 15.8 Å². The zero-order valence-corrected chi connectivity index (χ0v) is 10.7. The topological polar surface area (TPSA) is 71.4 Å². The van der Waals surface area contributed by atoms with Gasteiger partial charge >= 0.3 is 5.97 Å². The molecule has 0 heterocycles. The van der Waals surface area contributed by atoms with Gasteiger partial charge in [0.15, 0.2) is 15.1 Å². The Balaban J connectivity index is 3.16. The molecule has 0 saturated heterocycles. The lowest BCUT2D eigenvalue weighted by atomic mass is 10.2. The quantitative estimate of drug-likeness (QED) is 0.873. The van der Waals surface area contributed by atoms with Crippen LogP contribution in [-0.2, 0) is 21.1 Å². The molecule has 1 rings (SSSR count). The molecule has 0 fully saturated rings. The smallest absolute Gasteiger partial charge is 0.322 e. The lowest BCUT2D eigenvalue weighted by molar-refractivity contribution is -0.136. The van der Waals surface area contributed by atoms with Gasteiger partial charge in [-0.1, -0.05) is 26.0 Å². The number of carboxylic acids is 1. The molecule has 5 heteroatoms. The van der Waals surface area contributed by atoms with Crippen molar-refractivity contribution in [1.29, 1.82) is 0 Å². The molecule has 1 aromatic rings. The van der Waals surface area contributed by atoms with Crippen LogP contribution < -0.4 is 0 Å². The minimum absolute atomic E-state index is 0.0627. The van der Waals surface area contributed by atoms with Crippen LogP contribution in [0.1, 0.15) is 25.8 Å². The molecule has 0 spiro atoms. The fourth-order valence-corrected chi connectivity index (χ4v) is 3.15. The van der Waals surface area contributed by atoms with E-state index in [-0.39, 0.29) is 11.3 Å². The first-order chi connectivity index (χ1) is 7.93. The molecule has 1 aromatic carbocycles. The summed E-state index contributed by atoms with van der Waals surface area (Å²) in [5, 5.41) is 7.53. The van der Waals surface area contributed by atoms with E-state index in [2.05, 4.69) is 0 Å². The number of rotatable bonds is 5. The average molecular weight is 256 g/mol.